The van der Waals surface area contributed by atoms with Gasteiger partial charge in [0.05, 0.1) is 17.2 Å². The lowest BCUT2D eigenvalue weighted by Gasteiger charge is -2.10. The fraction of sp³-hybridized carbons (Fsp3) is 0.188. The van der Waals surface area contributed by atoms with E-state index in [9.17, 15) is 4.39 Å². The smallest absolute Gasteiger partial charge is 0.140 e. The van der Waals surface area contributed by atoms with E-state index in [2.05, 4.69) is 5.32 Å². The van der Waals surface area contributed by atoms with E-state index in [-0.39, 0.29) is 5.56 Å². The highest BCUT2D eigenvalue weighted by Crippen LogP contribution is 2.27. The number of rotatable bonds is 5. The minimum absolute atomic E-state index is 0.0408. The lowest BCUT2D eigenvalue weighted by molar-refractivity contribution is 0.340. The van der Waals surface area contributed by atoms with E-state index in [0.29, 0.717) is 23.9 Å². The zero-order valence-electron chi connectivity index (χ0n) is 11.5. The zero-order valence-corrected chi connectivity index (χ0v) is 12.2. The summed E-state index contributed by atoms with van der Waals surface area (Å²) in [6.07, 6.45) is 0. The number of anilines is 1. The first kappa shape index (κ1) is 15.1. The summed E-state index contributed by atoms with van der Waals surface area (Å²) in [4.78, 5) is 0. The molecule has 0 radical (unpaired) electrons. The molecule has 0 unspecified atom stereocenters. The molecule has 21 heavy (non-hydrogen) atoms. The third kappa shape index (κ3) is 3.87. The van der Waals surface area contributed by atoms with E-state index in [1.54, 1.807) is 18.2 Å². The van der Waals surface area contributed by atoms with E-state index in [4.69, 9.17) is 21.6 Å². The fourth-order valence-corrected chi connectivity index (χ4v) is 2.09. The molecule has 0 bridgehead atoms. The van der Waals surface area contributed by atoms with E-state index < -0.39 is 5.82 Å². The first-order valence-corrected chi connectivity index (χ1v) is 6.86. The number of nitriles is 1. The van der Waals surface area contributed by atoms with Gasteiger partial charge in [-0.2, -0.15) is 5.26 Å². The number of nitrogens with zero attached hydrogens (tertiary/aromatic N) is 1. The van der Waals surface area contributed by atoms with Crippen LogP contribution in [0.15, 0.2) is 36.4 Å². The Bertz CT molecular complexity index is 682. The molecule has 0 atom stereocenters. The molecule has 2 aromatic carbocycles. The van der Waals surface area contributed by atoms with Crippen LogP contribution in [0.2, 0.25) is 5.02 Å². The Morgan fingerprint density at radius 3 is 2.76 bits per heavy atom. The Kier molecular flexibility index (Phi) is 5.02. The number of ether oxygens (including phenoxy) is 1. The Balaban J connectivity index is 2.06. The summed E-state index contributed by atoms with van der Waals surface area (Å²) in [6, 6.07) is 11.7. The Morgan fingerprint density at radius 1 is 1.29 bits per heavy atom. The summed E-state index contributed by atoms with van der Waals surface area (Å²) in [5.74, 6) is 0.128. The molecule has 0 amide bonds. The molecule has 0 saturated carbocycles. The summed E-state index contributed by atoms with van der Waals surface area (Å²) >= 11 is 6.10. The van der Waals surface area contributed by atoms with Crippen molar-refractivity contribution >= 4 is 17.3 Å². The molecule has 0 saturated heterocycles. The second kappa shape index (κ2) is 6.96. The van der Waals surface area contributed by atoms with Crippen molar-refractivity contribution in [2.24, 2.45) is 0 Å². The molecule has 0 aliphatic heterocycles. The molecule has 2 rings (SSSR count). The zero-order chi connectivity index (χ0) is 15.2. The minimum Gasteiger partial charge on any atom is -0.492 e. The Labute approximate surface area is 127 Å². The van der Waals surface area contributed by atoms with Gasteiger partial charge in [0.1, 0.15) is 17.6 Å². The average molecular weight is 305 g/mol. The van der Waals surface area contributed by atoms with Gasteiger partial charge in [0, 0.05) is 12.2 Å². The standard InChI is InChI=1S/C16H14ClFN2O/c1-2-21-16-6-4-13(8-14(16)17)20-10-11-3-5-15(18)12(7-11)9-19/h3-8,20H,2,10H2,1H3. The molecule has 0 aliphatic rings. The maximum absolute atomic E-state index is 13.2. The van der Waals surface area contributed by atoms with Crippen molar-refractivity contribution in [1.82, 2.24) is 0 Å². The van der Waals surface area contributed by atoms with Crippen LogP contribution in [0.5, 0.6) is 5.75 Å². The molecule has 108 valence electrons. The maximum atomic E-state index is 13.2. The molecule has 0 fully saturated rings. The molecule has 1 N–H and O–H groups in total. The van der Waals surface area contributed by atoms with Gasteiger partial charge >= 0.3 is 0 Å². The van der Waals surface area contributed by atoms with E-state index in [1.807, 2.05) is 19.1 Å². The lowest BCUT2D eigenvalue weighted by atomic mass is 10.1. The van der Waals surface area contributed by atoms with Crippen LogP contribution in [0.1, 0.15) is 18.1 Å². The molecule has 0 aromatic heterocycles. The average Bonchev–Trinajstić information content (AvgIpc) is 2.49. The van der Waals surface area contributed by atoms with Gasteiger partial charge in [-0.1, -0.05) is 17.7 Å². The maximum Gasteiger partial charge on any atom is 0.140 e. The summed E-state index contributed by atoms with van der Waals surface area (Å²) < 4.78 is 18.6. The van der Waals surface area contributed by atoms with Crippen molar-refractivity contribution in [3.63, 3.8) is 0 Å². The van der Waals surface area contributed by atoms with Gasteiger partial charge in [-0.15, -0.1) is 0 Å². The predicted octanol–water partition coefficient (Wildman–Crippen LogP) is 4.36. The van der Waals surface area contributed by atoms with Gasteiger partial charge in [0.25, 0.3) is 0 Å². The Hall–Kier alpha value is -2.25. The number of benzene rings is 2. The van der Waals surface area contributed by atoms with Crippen molar-refractivity contribution in [3.05, 3.63) is 58.4 Å². The lowest BCUT2D eigenvalue weighted by Crippen LogP contribution is -2.01. The third-order valence-corrected chi connectivity index (χ3v) is 3.17. The van der Waals surface area contributed by atoms with Gasteiger partial charge in [0.2, 0.25) is 0 Å². The molecular formula is C16H14ClFN2O. The van der Waals surface area contributed by atoms with Crippen LogP contribution in [0.25, 0.3) is 0 Å². The number of halogens is 2. The highest BCUT2D eigenvalue weighted by Gasteiger charge is 2.05. The summed E-state index contributed by atoms with van der Waals surface area (Å²) in [7, 11) is 0. The summed E-state index contributed by atoms with van der Waals surface area (Å²) in [6.45, 7) is 2.92. The first-order chi connectivity index (χ1) is 10.1. The van der Waals surface area contributed by atoms with Crippen molar-refractivity contribution in [2.45, 2.75) is 13.5 Å². The van der Waals surface area contributed by atoms with Gasteiger partial charge in [-0.3, -0.25) is 0 Å². The van der Waals surface area contributed by atoms with Gasteiger partial charge in [-0.05, 0) is 42.8 Å². The normalized spacial score (nSPS) is 10.0. The van der Waals surface area contributed by atoms with Crippen LogP contribution < -0.4 is 10.1 Å². The highest BCUT2D eigenvalue weighted by atomic mass is 35.5. The van der Waals surface area contributed by atoms with Crippen LogP contribution >= 0.6 is 11.6 Å². The van der Waals surface area contributed by atoms with E-state index in [0.717, 1.165) is 11.3 Å². The molecule has 0 heterocycles. The van der Waals surface area contributed by atoms with Crippen LogP contribution in [0.3, 0.4) is 0 Å². The van der Waals surface area contributed by atoms with Gasteiger partial charge in [0.15, 0.2) is 0 Å². The second-order valence-electron chi connectivity index (χ2n) is 4.36. The minimum atomic E-state index is -0.509. The number of hydrogen-bond acceptors (Lipinski definition) is 3. The van der Waals surface area contributed by atoms with E-state index in [1.165, 1.54) is 12.1 Å². The van der Waals surface area contributed by atoms with Crippen molar-refractivity contribution < 1.29 is 9.13 Å². The largest absolute Gasteiger partial charge is 0.492 e. The number of hydrogen-bond donors (Lipinski definition) is 1. The molecule has 2 aromatic rings. The van der Waals surface area contributed by atoms with Crippen molar-refractivity contribution in [1.29, 1.82) is 5.26 Å². The number of nitrogens with one attached hydrogen (secondary N) is 1. The molecule has 0 aliphatic carbocycles. The molecule has 3 nitrogen and oxygen atoms in total. The quantitative estimate of drug-likeness (QED) is 0.892. The van der Waals surface area contributed by atoms with Crippen LogP contribution in [0.4, 0.5) is 10.1 Å². The molecule has 0 spiro atoms. The SMILES string of the molecule is CCOc1ccc(NCc2ccc(F)c(C#N)c2)cc1Cl. The van der Waals surface area contributed by atoms with Gasteiger partial charge in [-0.25, -0.2) is 4.39 Å². The van der Waals surface area contributed by atoms with Crippen LogP contribution in [-0.2, 0) is 6.54 Å². The predicted molar refractivity (Wildman–Crippen MR) is 81.1 cm³/mol. The Morgan fingerprint density at radius 2 is 2.10 bits per heavy atom. The van der Waals surface area contributed by atoms with Crippen molar-refractivity contribution in [3.8, 4) is 11.8 Å². The topological polar surface area (TPSA) is 45.0 Å². The van der Waals surface area contributed by atoms with E-state index >= 15 is 0 Å². The monoisotopic (exact) mass is 304 g/mol. The fourth-order valence-electron chi connectivity index (χ4n) is 1.86. The van der Waals surface area contributed by atoms with Crippen LogP contribution in [0, 0.1) is 17.1 Å². The van der Waals surface area contributed by atoms with Crippen molar-refractivity contribution in [2.75, 3.05) is 11.9 Å². The highest BCUT2D eigenvalue weighted by molar-refractivity contribution is 6.32. The third-order valence-electron chi connectivity index (χ3n) is 2.88. The second-order valence-corrected chi connectivity index (χ2v) is 4.76. The molecular weight excluding hydrogens is 291 g/mol. The molecule has 5 heteroatoms. The summed E-state index contributed by atoms with van der Waals surface area (Å²) in [5.41, 5.74) is 1.68. The first-order valence-electron chi connectivity index (χ1n) is 6.48. The van der Waals surface area contributed by atoms with Gasteiger partial charge < -0.3 is 10.1 Å². The van der Waals surface area contributed by atoms with Crippen LogP contribution in [-0.4, -0.2) is 6.61 Å². The summed E-state index contributed by atoms with van der Waals surface area (Å²) in [5, 5.41) is 12.5.